The molecule has 1 aliphatic rings. The monoisotopic (exact) mass is 506 g/mol. The third kappa shape index (κ3) is 5.14. The van der Waals surface area contributed by atoms with E-state index in [9.17, 15) is 4.79 Å². The highest BCUT2D eigenvalue weighted by Crippen LogP contribution is 2.46. The average molecular weight is 507 g/mol. The van der Waals surface area contributed by atoms with Crippen LogP contribution >= 0.6 is 15.9 Å². The number of hydrogen-bond donors (Lipinski definition) is 1. The summed E-state index contributed by atoms with van der Waals surface area (Å²) < 4.78 is 2.96. The van der Waals surface area contributed by atoms with E-state index in [0.29, 0.717) is 5.56 Å². The zero-order valence-electron chi connectivity index (χ0n) is 19.7. The fourth-order valence-corrected chi connectivity index (χ4v) is 4.99. The van der Waals surface area contributed by atoms with Gasteiger partial charge >= 0.3 is 5.97 Å². The summed E-state index contributed by atoms with van der Waals surface area (Å²) in [5, 5.41) is 13.6. The Hall–Kier alpha value is -2.66. The highest BCUT2D eigenvalue weighted by molar-refractivity contribution is 9.10. The Morgan fingerprint density at radius 3 is 2.27 bits per heavy atom. The van der Waals surface area contributed by atoms with Crippen molar-refractivity contribution >= 4 is 34.1 Å². The van der Waals surface area contributed by atoms with Crippen LogP contribution in [0.5, 0.6) is 0 Å². The van der Waals surface area contributed by atoms with Crippen LogP contribution in [0.3, 0.4) is 0 Å². The summed E-state index contributed by atoms with van der Waals surface area (Å²) >= 11 is 3.48. The first-order valence-electron chi connectivity index (χ1n) is 11.4. The molecule has 0 unspecified atom stereocenters. The summed E-state index contributed by atoms with van der Waals surface area (Å²) in [5.41, 5.74) is 7.00. The van der Waals surface area contributed by atoms with Crippen molar-refractivity contribution in [1.29, 1.82) is 0 Å². The van der Waals surface area contributed by atoms with Crippen LogP contribution in [-0.4, -0.2) is 20.9 Å². The minimum Gasteiger partial charge on any atom is -0.478 e. The van der Waals surface area contributed by atoms with Crippen LogP contribution in [0.25, 0.3) is 12.2 Å². The van der Waals surface area contributed by atoms with E-state index in [-0.39, 0.29) is 10.8 Å². The molecule has 1 aliphatic carbocycles. The Bertz CT molecular complexity index is 1200. The smallest absolute Gasteiger partial charge is 0.335 e. The largest absolute Gasteiger partial charge is 0.478 e. The first-order valence-corrected chi connectivity index (χ1v) is 12.2. The van der Waals surface area contributed by atoms with Gasteiger partial charge in [0.1, 0.15) is 0 Å². The molecule has 0 atom stereocenters. The molecule has 1 N–H and O–H groups in total. The lowest BCUT2D eigenvalue weighted by molar-refractivity contribution is 0.0697. The van der Waals surface area contributed by atoms with E-state index in [4.69, 9.17) is 5.11 Å². The highest BCUT2D eigenvalue weighted by atomic mass is 79.9. The molecule has 0 amide bonds. The van der Waals surface area contributed by atoms with Gasteiger partial charge in [-0.3, -0.25) is 4.68 Å². The van der Waals surface area contributed by atoms with Crippen molar-refractivity contribution < 1.29 is 9.90 Å². The van der Waals surface area contributed by atoms with Crippen LogP contribution in [0.4, 0.5) is 0 Å². The molecular weight excluding hydrogens is 476 g/mol. The van der Waals surface area contributed by atoms with Gasteiger partial charge in [-0.15, -0.1) is 0 Å². The molecule has 3 aromatic rings. The van der Waals surface area contributed by atoms with Gasteiger partial charge in [-0.1, -0.05) is 64.1 Å². The molecule has 0 saturated carbocycles. The van der Waals surface area contributed by atoms with Crippen LogP contribution in [-0.2, 0) is 23.8 Å². The Balaban J connectivity index is 1.73. The molecule has 1 heterocycles. The van der Waals surface area contributed by atoms with Crippen molar-refractivity contribution in [2.24, 2.45) is 0 Å². The van der Waals surface area contributed by atoms with E-state index >= 15 is 0 Å². The van der Waals surface area contributed by atoms with Crippen molar-refractivity contribution in [2.45, 2.75) is 64.3 Å². The van der Waals surface area contributed by atoms with E-state index in [1.54, 1.807) is 12.1 Å². The quantitative estimate of drug-likeness (QED) is 0.362. The van der Waals surface area contributed by atoms with Crippen molar-refractivity contribution in [2.75, 3.05) is 0 Å². The highest BCUT2D eigenvalue weighted by Gasteiger charge is 2.37. The Labute approximate surface area is 204 Å². The number of carboxylic acid groups (broad SMARTS) is 1. The first kappa shape index (κ1) is 23.5. The minimum atomic E-state index is -0.905. The lowest BCUT2D eigenvalue weighted by Gasteiger charge is -2.42. The molecule has 0 bridgehead atoms. The number of aromatic nitrogens is 2. The molecule has 0 aliphatic heterocycles. The molecule has 33 heavy (non-hydrogen) atoms. The molecule has 2 aromatic carbocycles. The summed E-state index contributed by atoms with van der Waals surface area (Å²) in [5.74, 6) is -0.905. The van der Waals surface area contributed by atoms with Crippen LogP contribution in [0.15, 0.2) is 53.3 Å². The second-order valence-corrected chi connectivity index (χ2v) is 11.2. The van der Waals surface area contributed by atoms with E-state index in [1.165, 1.54) is 35.1 Å². The Morgan fingerprint density at radius 1 is 1.06 bits per heavy atom. The molecule has 0 spiro atoms. The van der Waals surface area contributed by atoms with E-state index in [0.717, 1.165) is 23.0 Å². The number of aromatic carboxylic acids is 1. The zero-order chi connectivity index (χ0) is 23.8. The maximum Gasteiger partial charge on any atom is 0.335 e. The number of carbonyl (C=O) groups is 1. The van der Waals surface area contributed by atoms with E-state index in [2.05, 4.69) is 73.0 Å². The van der Waals surface area contributed by atoms with Gasteiger partial charge in [0.25, 0.3) is 0 Å². The second-order valence-electron chi connectivity index (χ2n) is 10.3. The number of aryl methyl sites for hydroxylation is 2. The van der Waals surface area contributed by atoms with E-state index in [1.807, 2.05) is 29.2 Å². The lowest BCUT2D eigenvalue weighted by Crippen LogP contribution is -2.34. The lowest BCUT2D eigenvalue weighted by atomic mass is 9.62. The summed E-state index contributed by atoms with van der Waals surface area (Å²) in [7, 11) is 0. The van der Waals surface area contributed by atoms with Crippen molar-refractivity contribution in [3.8, 4) is 0 Å². The number of carboxylic acids is 1. The fraction of sp³-hybridized carbons (Fsp3) is 0.357. The van der Waals surface area contributed by atoms with Gasteiger partial charge in [0.15, 0.2) is 0 Å². The Kier molecular flexibility index (Phi) is 6.37. The van der Waals surface area contributed by atoms with Crippen molar-refractivity contribution in [3.05, 3.63) is 86.6 Å². The Morgan fingerprint density at radius 2 is 1.70 bits per heavy atom. The summed E-state index contributed by atoms with van der Waals surface area (Å²) in [6.07, 6.45) is 11.3. The zero-order valence-corrected chi connectivity index (χ0v) is 21.3. The maximum atomic E-state index is 11.1. The molecule has 1 aromatic heterocycles. The number of benzene rings is 2. The normalized spacial score (nSPS) is 16.6. The number of nitrogens with zero attached hydrogens (tertiary/aromatic N) is 2. The van der Waals surface area contributed by atoms with E-state index < -0.39 is 5.97 Å². The number of halogens is 1. The molecular formula is C28H31BrN2O2. The standard InChI is InChI=1S/C28H31BrN2O2/c1-27(2)12-13-28(3,4)25-16-22(11-14-31-18-23(29)17-30-31)21(15-24(25)27)10-7-19-5-8-20(9-6-19)26(32)33/h5-10,15-18H,11-14H2,1-4H3,(H,32,33)/b10-7+. The van der Waals surface area contributed by atoms with Crippen LogP contribution in [0.1, 0.15) is 78.7 Å². The number of fused-ring (bicyclic) bond motifs is 1. The maximum absolute atomic E-state index is 11.1. The molecule has 172 valence electrons. The summed E-state index contributed by atoms with van der Waals surface area (Å²) in [6.45, 7) is 10.2. The molecule has 4 nitrogen and oxygen atoms in total. The van der Waals surface area contributed by atoms with Gasteiger partial charge in [0.05, 0.1) is 16.2 Å². The van der Waals surface area contributed by atoms with Gasteiger partial charge in [0.2, 0.25) is 0 Å². The van der Waals surface area contributed by atoms with Gasteiger partial charge < -0.3 is 5.11 Å². The van der Waals surface area contributed by atoms with Gasteiger partial charge in [-0.2, -0.15) is 5.10 Å². The summed E-state index contributed by atoms with van der Waals surface area (Å²) in [4.78, 5) is 11.1. The molecule has 5 heteroatoms. The van der Waals surface area contributed by atoms with Crippen molar-refractivity contribution in [1.82, 2.24) is 9.78 Å². The molecule has 4 rings (SSSR count). The van der Waals surface area contributed by atoms with Gasteiger partial charge in [0, 0.05) is 12.7 Å². The third-order valence-electron chi connectivity index (χ3n) is 6.94. The fourth-order valence-electron chi connectivity index (χ4n) is 4.67. The molecule has 0 radical (unpaired) electrons. The first-order chi connectivity index (χ1) is 15.5. The molecule has 0 fully saturated rings. The topological polar surface area (TPSA) is 55.1 Å². The van der Waals surface area contributed by atoms with Crippen LogP contribution < -0.4 is 0 Å². The van der Waals surface area contributed by atoms with Crippen LogP contribution in [0.2, 0.25) is 0 Å². The van der Waals surface area contributed by atoms with Crippen LogP contribution in [0, 0.1) is 0 Å². The number of hydrogen-bond acceptors (Lipinski definition) is 2. The molecule has 0 saturated heterocycles. The third-order valence-corrected chi connectivity index (χ3v) is 7.35. The van der Waals surface area contributed by atoms with Gasteiger partial charge in [-0.05, 0) is 86.0 Å². The number of rotatable bonds is 6. The van der Waals surface area contributed by atoms with Gasteiger partial charge in [-0.25, -0.2) is 4.79 Å². The SMILES string of the molecule is CC1(C)CCC(C)(C)c2cc(CCn3cc(Br)cn3)c(/C=C/c3ccc(C(=O)O)cc3)cc21. The van der Waals surface area contributed by atoms with Crippen molar-refractivity contribution in [3.63, 3.8) is 0 Å². The predicted molar refractivity (Wildman–Crippen MR) is 138 cm³/mol. The minimum absolute atomic E-state index is 0.141. The average Bonchev–Trinajstić information content (AvgIpc) is 3.19. The predicted octanol–water partition coefficient (Wildman–Crippen LogP) is 7.11. The second kappa shape index (κ2) is 8.94. The summed E-state index contributed by atoms with van der Waals surface area (Å²) in [6, 6.07) is 11.8.